The van der Waals surface area contributed by atoms with Gasteiger partial charge in [-0.05, 0) is 25.7 Å². The molecule has 0 aliphatic carbocycles. The van der Waals surface area contributed by atoms with Crippen molar-refractivity contribution < 1.29 is 0 Å². The number of unbranched alkanes of at least 4 members (excludes halogenated alkanes) is 1. The van der Waals surface area contributed by atoms with Gasteiger partial charge in [-0.2, -0.15) is 0 Å². The summed E-state index contributed by atoms with van der Waals surface area (Å²) in [6.45, 7) is 9.04. The number of nitrogens with one attached hydrogen (secondary N) is 1. The second kappa shape index (κ2) is 7.21. The zero-order valence-electron chi connectivity index (χ0n) is 11.1. The van der Waals surface area contributed by atoms with Crippen molar-refractivity contribution in [3.8, 4) is 0 Å². The van der Waals surface area contributed by atoms with Gasteiger partial charge < -0.3 is 5.32 Å². The zero-order valence-corrected chi connectivity index (χ0v) is 11.9. The van der Waals surface area contributed by atoms with Gasteiger partial charge in [-0.3, -0.25) is 4.99 Å². The molecule has 1 aliphatic rings. The first-order valence-corrected chi connectivity index (χ1v) is 7.59. The summed E-state index contributed by atoms with van der Waals surface area (Å²) in [6, 6.07) is 1.10. The lowest BCUT2D eigenvalue weighted by atomic mass is 10.0. The Balaban J connectivity index is 2.40. The lowest BCUT2D eigenvalue weighted by Gasteiger charge is -2.25. The summed E-state index contributed by atoms with van der Waals surface area (Å²) in [5.74, 6) is 1.89. The van der Waals surface area contributed by atoms with Gasteiger partial charge in [0.1, 0.15) is 0 Å². The van der Waals surface area contributed by atoms with Crippen LogP contribution < -0.4 is 5.32 Å². The second-order valence-electron chi connectivity index (χ2n) is 5.07. The highest BCUT2D eigenvalue weighted by Gasteiger charge is 2.19. The van der Waals surface area contributed by atoms with E-state index in [2.05, 4.69) is 33.0 Å². The van der Waals surface area contributed by atoms with E-state index in [1.54, 1.807) is 0 Å². The van der Waals surface area contributed by atoms with Crippen molar-refractivity contribution in [1.82, 2.24) is 5.32 Å². The van der Waals surface area contributed by atoms with E-state index in [0.29, 0.717) is 18.0 Å². The fourth-order valence-electron chi connectivity index (χ4n) is 1.88. The third kappa shape index (κ3) is 4.77. The summed E-state index contributed by atoms with van der Waals surface area (Å²) in [5.41, 5.74) is 0. The van der Waals surface area contributed by atoms with Gasteiger partial charge in [-0.25, -0.2) is 0 Å². The molecule has 0 saturated heterocycles. The topological polar surface area (TPSA) is 24.4 Å². The maximum Gasteiger partial charge on any atom is 0.157 e. The Morgan fingerprint density at radius 1 is 1.44 bits per heavy atom. The minimum atomic E-state index is 0.530. The first-order chi connectivity index (χ1) is 7.63. The van der Waals surface area contributed by atoms with Crippen molar-refractivity contribution in [3.05, 3.63) is 0 Å². The molecule has 0 amide bonds. The molecule has 2 atom stereocenters. The molecule has 2 unspecified atom stereocenters. The van der Waals surface area contributed by atoms with E-state index in [0.717, 1.165) is 0 Å². The number of amidine groups is 1. The smallest absolute Gasteiger partial charge is 0.157 e. The number of hydrogen-bond donors (Lipinski definition) is 1. The third-order valence-corrected chi connectivity index (χ3v) is 4.00. The largest absolute Gasteiger partial charge is 0.362 e. The molecule has 0 aromatic rings. The van der Waals surface area contributed by atoms with Gasteiger partial charge in [0.25, 0.3) is 0 Å². The molecule has 1 rings (SSSR count). The normalized spacial score (nSPS) is 23.1. The van der Waals surface area contributed by atoms with Crippen molar-refractivity contribution in [2.24, 2.45) is 10.9 Å². The van der Waals surface area contributed by atoms with Gasteiger partial charge >= 0.3 is 0 Å². The number of aliphatic imine (C=N–C) groups is 1. The second-order valence-corrected chi connectivity index (χ2v) is 6.15. The fraction of sp³-hybridized carbons (Fsp3) is 0.923. The van der Waals surface area contributed by atoms with Crippen LogP contribution in [0.15, 0.2) is 4.99 Å². The number of thioether (sulfide) groups is 1. The van der Waals surface area contributed by atoms with Crippen LogP contribution in [0.4, 0.5) is 0 Å². The molecule has 0 fully saturated rings. The van der Waals surface area contributed by atoms with Crippen LogP contribution in [0.3, 0.4) is 0 Å². The molecule has 0 radical (unpaired) electrons. The third-order valence-electron chi connectivity index (χ3n) is 3.07. The van der Waals surface area contributed by atoms with Gasteiger partial charge in [-0.15, -0.1) is 0 Å². The molecule has 1 heterocycles. The van der Waals surface area contributed by atoms with Crippen molar-refractivity contribution in [2.75, 3.05) is 5.75 Å². The molecular formula is C13H26N2S. The lowest BCUT2D eigenvalue weighted by Crippen LogP contribution is -2.34. The maximum atomic E-state index is 4.80. The minimum absolute atomic E-state index is 0.530. The van der Waals surface area contributed by atoms with E-state index < -0.39 is 0 Å². The average Bonchev–Trinajstić information content (AvgIpc) is 2.26. The van der Waals surface area contributed by atoms with Crippen LogP contribution in [0.2, 0.25) is 0 Å². The highest BCUT2D eigenvalue weighted by Crippen LogP contribution is 2.21. The van der Waals surface area contributed by atoms with Crippen LogP contribution in [0.25, 0.3) is 0 Å². The molecule has 1 N–H and O–H groups in total. The fourth-order valence-corrected chi connectivity index (χ4v) is 2.93. The molecular weight excluding hydrogens is 216 g/mol. The van der Waals surface area contributed by atoms with Crippen LogP contribution in [0.1, 0.15) is 53.4 Å². The number of rotatable bonds is 5. The number of nitrogens with zero attached hydrogens (tertiary/aromatic N) is 1. The minimum Gasteiger partial charge on any atom is -0.362 e. The Morgan fingerprint density at radius 3 is 2.81 bits per heavy atom. The van der Waals surface area contributed by atoms with E-state index in [-0.39, 0.29) is 0 Å². The number of hydrogen-bond acceptors (Lipinski definition) is 3. The highest BCUT2D eigenvalue weighted by atomic mass is 32.2. The van der Waals surface area contributed by atoms with E-state index >= 15 is 0 Å². The Hall–Kier alpha value is -0.180. The highest BCUT2D eigenvalue weighted by molar-refractivity contribution is 8.13. The Bertz CT molecular complexity index is 226. The summed E-state index contributed by atoms with van der Waals surface area (Å²) < 4.78 is 0. The van der Waals surface area contributed by atoms with Gasteiger partial charge in [-0.1, -0.05) is 45.4 Å². The molecule has 0 bridgehead atoms. The summed E-state index contributed by atoms with van der Waals surface area (Å²) in [7, 11) is 0. The molecule has 16 heavy (non-hydrogen) atoms. The van der Waals surface area contributed by atoms with Gasteiger partial charge in [0.2, 0.25) is 0 Å². The molecule has 0 aromatic carbocycles. The molecule has 3 heteroatoms. The van der Waals surface area contributed by atoms with Crippen LogP contribution >= 0.6 is 11.8 Å². The standard InChI is InChI=1S/C13H26N2S/c1-5-6-7-11(4)14-13-15-12(10(2)3)8-9-16-13/h10-12H,5-9H2,1-4H3,(H,14,15). The quantitative estimate of drug-likeness (QED) is 0.795. The van der Waals surface area contributed by atoms with E-state index in [9.17, 15) is 0 Å². The SMILES string of the molecule is CCCCC(C)NC1=NC(C(C)C)CCS1. The Morgan fingerprint density at radius 2 is 2.19 bits per heavy atom. The summed E-state index contributed by atoms with van der Waals surface area (Å²) in [5, 5.41) is 4.73. The van der Waals surface area contributed by atoms with Gasteiger partial charge in [0.05, 0.1) is 6.04 Å². The van der Waals surface area contributed by atoms with Crippen molar-refractivity contribution in [1.29, 1.82) is 0 Å². The van der Waals surface area contributed by atoms with Crippen molar-refractivity contribution >= 4 is 16.9 Å². The average molecular weight is 242 g/mol. The van der Waals surface area contributed by atoms with Crippen molar-refractivity contribution in [3.63, 3.8) is 0 Å². The van der Waals surface area contributed by atoms with E-state index in [1.165, 1.54) is 36.6 Å². The Kier molecular flexibility index (Phi) is 6.25. The van der Waals surface area contributed by atoms with E-state index in [1.807, 2.05) is 11.8 Å². The zero-order chi connectivity index (χ0) is 12.0. The first-order valence-electron chi connectivity index (χ1n) is 6.60. The predicted octanol–water partition coefficient (Wildman–Crippen LogP) is 3.67. The first kappa shape index (κ1) is 13.9. The van der Waals surface area contributed by atoms with Gasteiger partial charge in [0.15, 0.2) is 5.17 Å². The van der Waals surface area contributed by atoms with Crippen molar-refractivity contribution in [2.45, 2.75) is 65.5 Å². The van der Waals surface area contributed by atoms with Crippen LogP contribution in [0, 0.1) is 5.92 Å². The molecule has 2 nitrogen and oxygen atoms in total. The van der Waals surface area contributed by atoms with E-state index in [4.69, 9.17) is 4.99 Å². The molecule has 0 aromatic heterocycles. The van der Waals surface area contributed by atoms with Crippen LogP contribution in [0.5, 0.6) is 0 Å². The maximum absolute atomic E-state index is 4.80. The monoisotopic (exact) mass is 242 g/mol. The molecule has 0 saturated carbocycles. The molecule has 94 valence electrons. The molecule has 1 aliphatic heterocycles. The summed E-state index contributed by atoms with van der Waals surface area (Å²) >= 11 is 1.89. The van der Waals surface area contributed by atoms with Crippen LogP contribution in [-0.2, 0) is 0 Å². The lowest BCUT2D eigenvalue weighted by molar-refractivity contribution is 0.480. The summed E-state index contributed by atoms with van der Waals surface area (Å²) in [4.78, 5) is 4.80. The molecule has 0 spiro atoms. The van der Waals surface area contributed by atoms with Gasteiger partial charge in [0, 0.05) is 11.8 Å². The Labute approximate surface area is 105 Å². The predicted molar refractivity (Wildman–Crippen MR) is 75.3 cm³/mol. The van der Waals surface area contributed by atoms with Crippen LogP contribution in [-0.4, -0.2) is 23.0 Å². The summed E-state index contributed by atoms with van der Waals surface area (Å²) in [6.07, 6.45) is 5.07.